The van der Waals surface area contributed by atoms with Gasteiger partial charge in [0.25, 0.3) is 0 Å². The molecule has 0 spiro atoms. The van der Waals surface area contributed by atoms with E-state index in [4.69, 9.17) is 0 Å². The van der Waals surface area contributed by atoms with E-state index in [1.54, 1.807) is 0 Å². The van der Waals surface area contributed by atoms with Crippen LogP contribution in [0.4, 0.5) is 0 Å². The van der Waals surface area contributed by atoms with Crippen LogP contribution in [0, 0.1) is 16.7 Å². The average Bonchev–Trinajstić information content (AvgIpc) is 3.16. The van der Waals surface area contributed by atoms with Crippen LogP contribution in [0.3, 0.4) is 0 Å². The Balaban J connectivity index is 1.39. The molecule has 2 heteroatoms. The van der Waals surface area contributed by atoms with Crippen LogP contribution in [0.5, 0.6) is 0 Å². The summed E-state index contributed by atoms with van der Waals surface area (Å²) in [5, 5.41) is 0. The molecule has 0 aliphatic heterocycles. The molecule has 1 nitrogen and oxygen atoms in total. The lowest BCUT2D eigenvalue weighted by atomic mass is 9.70. The van der Waals surface area contributed by atoms with Gasteiger partial charge in [0.2, 0.25) is 0 Å². The van der Waals surface area contributed by atoms with E-state index in [9.17, 15) is 4.79 Å². The lowest BCUT2D eigenvalue weighted by Gasteiger charge is -2.36. The van der Waals surface area contributed by atoms with Gasteiger partial charge in [0.1, 0.15) is 5.78 Å². The third-order valence-corrected chi connectivity index (χ3v) is 9.00. The number of hydrogen-bond acceptors (Lipinski definition) is 2. The Hall–Kier alpha value is -1.54. The second-order valence-corrected chi connectivity index (χ2v) is 9.94. The minimum Gasteiger partial charge on any atom is -0.299 e. The molecule has 0 amide bonds. The highest BCUT2D eigenvalue weighted by atomic mass is 32.2. The Morgan fingerprint density at radius 2 is 1.62 bits per heavy atom. The van der Waals surface area contributed by atoms with Gasteiger partial charge in [-0.2, -0.15) is 11.8 Å². The van der Waals surface area contributed by atoms with Crippen molar-refractivity contribution in [3.8, 4) is 11.1 Å². The van der Waals surface area contributed by atoms with Gasteiger partial charge < -0.3 is 0 Å². The van der Waals surface area contributed by atoms with E-state index in [2.05, 4.69) is 62.4 Å². The summed E-state index contributed by atoms with van der Waals surface area (Å²) in [6.07, 6.45) is 3.17. The molecule has 3 aliphatic carbocycles. The quantitative estimate of drug-likeness (QED) is 0.671. The van der Waals surface area contributed by atoms with Gasteiger partial charge >= 0.3 is 0 Å². The van der Waals surface area contributed by atoms with Crippen LogP contribution in [-0.4, -0.2) is 17.3 Å². The summed E-state index contributed by atoms with van der Waals surface area (Å²) in [6.45, 7) is 4.69. The lowest BCUT2D eigenvalue weighted by Crippen LogP contribution is -2.38. The molecule has 0 aromatic heterocycles. The van der Waals surface area contributed by atoms with E-state index in [1.165, 1.54) is 28.7 Å². The highest BCUT2D eigenvalue weighted by Gasteiger charge is 2.63. The van der Waals surface area contributed by atoms with Crippen molar-refractivity contribution in [2.24, 2.45) is 16.7 Å². The van der Waals surface area contributed by atoms with Crippen LogP contribution in [-0.2, 0) is 4.79 Å². The Kier molecular flexibility index (Phi) is 3.66. The molecule has 26 heavy (non-hydrogen) atoms. The second kappa shape index (κ2) is 5.73. The smallest absolute Gasteiger partial charge is 0.140 e. The maximum atomic E-state index is 12.8. The van der Waals surface area contributed by atoms with Crippen LogP contribution in [0.15, 0.2) is 48.5 Å². The van der Waals surface area contributed by atoms with Gasteiger partial charge in [-0.15, -0.1) is 0 Å². The zero-order valence-electron chi connectivity index (χ0n) is 15.6. The monoisotopic (exact) mass is 362 g/mol. The van der Waals surface area contributed by atoms with E-state index >= 15 is 0 Å². The third-order valence-electron chi connectivity index (χ3n) is 7.73. The van der Waals surface area contributed by atoms with E-state index in [0.29, 0.717) is 17.6 Å². The molecule has 2 aromatic rings. The van der Waals surface area contributed by atoms with Gasteiger partial charge in [-0.25, -0.2) is 0 Å². The molecule has 2 saturated carbocycles. The van der Waals surface area contributed by atoms with Crippen LogP contribution >= 0.6 is 11.8 Å². The molecule has 2 atom stereocenters. The number of thioether (sulfide) groups is 1. The van der Waals surface area contributed by atoms with Crippen molar-refractivity contribution in [3.63, 3.8) is 0 Å². The van der Waals surface area contributed by atoms with E-state index in [0.717, 1.165) is 24.3 Å². The number of hydrogen-bond donors (Lipinski definition) is 0. The molecule has 2 aromatic carbocycles. The van der Waals surface area contributed by atoms with Crippen molar-refractivity contribution in [1.29, 1.82) is 0 Å². The van der Waals surface area contributed by atoms with Gasteiger partial charge in [0.05, 0.1) is 0 Å². The Morgan fingerprint density at radius 3 is 2.15 bits per heavy atom. The first kappa shape index (κ1) is 16.6. The van der Waals surface area contributed by atoms with Gasteiger partial charge in [-0.1, -0.05) is 62.4 Å². The predicted molar refractivity (Wildman–Crippen MR) is 110 cm³/mol. The van der Waals surface area contributed by atoms with Crippen molar-refractivity contribution in [3.05, 3.63) is 59.7 Å². The third kappa shape index (κ3) is 2.08. The van der Waals surface area contributed by atoms with E-state index < -0.39 is 0 Å². The molecule has 2 bridgehead atoms. The number of ketones is 1. The van der Waals surface area contributed by atoms with Crippen LogP contribution in [0.25, 0.3) is 11.1 Å². The van der Waals surface area contributed by atoms with Crippen molar-refractivity contribution in [2.45, 2.75) is 39.0 Å². The Morgan fingerprint density at radius 1 is 1.00 bits per heavy atom. The minimum atomic E-state index is -0.0695. The Labute approximate surface area is 160 Å². The van der Waals surface area contributed by atoms with Gasteiger partial charge in [-0.05, 0) is 46.4 Å². The molecule has 0 saturated heterocycles. The summed E-state index contributed by atoms with van der Waals surface area (Å²) in [4.78, 5) is 12.8. The zero-order valence-corrected chi connectivity index (χ0v) is 16.4. The predicted octanol–water partition coefficient (Wildman–Crippen LogP) is 5.93. The largest absolute Gasteiger partial charge is 0.299 e. The first-order valence-corrected chi connectivity index (χ1v) is 11.0. The maximum Gasteiger partial charge on any atom is 0.140 e. The summed E-state index contributed by atoms with van der Waals surface area (Å²) in [7, 11) is 0. The second-order valence-electron chi connectivity index (χ2n) is 8.91. The fraction of sp³-hybridized carbons (Fsp3) is 0.458. The highest BCUT2D eigenvalue weighted by Crippen LogP contribution is 2.65. The molecule has 0 radical (unpaired) electrons. The van der Waals surface area contributed by atoms with Crippen LogP contribution in [0.1, 0.15) is 50.2 Å². The first-order valence-electron chi connectivity index (χ1n) is 9.84. The van der Waals surface area contributed by atoms with E-state index in [-0.39, 0.29) is 10.8 Å². The van der Waals surface area contributed by atoms with E-state index in [1.807, 2.05) is 11.8 Å². The normalized spacial score (nSPS) is 28.4. The fourth-order valence-electron chi connectivity index (χ4n) is 5.90. The Bertz CT molecular complexity index is 838. The SMILES string of the molecule is CC1(C)C2CCC1(CSCC1c3ccccc3-c3ccccc31)C(=O)C2. The maximum absolute atomic E-state index is 12.8. The molecule has 2 fully saturated rings. The summed E-state index contributed by atoms with van der Waals surface area (Å²) in [6, 6.07) is 17.7. The fourth-order valence-corrected chi connectivity index (χ4v) is 7.64. The summed E-state index contributed by atoms with van der Waals surface area (Å²) in [5.74, 6) is 3.68. The standard InChI is InChI=1S/C24H26OS/c1-23(2)16-11-12-24(23,22(25)13-16)15-26-14-21-19-9-5-3-7-17(19)18-8-4-6-10-20(18)21/h3-10,16,21H,11-15H2,1-2H3. The lowest BCUT2D eigenvalue weighted by molar-refractivity contribution is -0.127. The molecule has 0 heterocycles. The number of carbonyl (C=O) groups excluding carboxylic acids is 1. The number of Topliss-reactive ketones (excluding diaryl/α,β-unsaturated/α-hetero) is 1. The van der Waals surface area contributed by atoms with Gasteiger partial charge in [0, 0.05) is 29.3 Å². The molecule has 134 valence electrons. The average molecular weight is 363 g/mol. The first-order chi connectivity index (χ1) is 12.5. The molecule has 0 N–H and O–H groups in total. The topological polar surface area (TPSA) is 17.1 Å². The minimum absolute atomic E-state index is 0.0695. The summed E-state index contributed by atoms with van der Waals surface area (Å²) in [5.41, 5.74) is 5.82. The van der Waals surface area contributed by atoms with Crippen molar-refractivity contribution in [1.82, 2.24) is 0 Å². The summed E-state index contributed by atoms with van der Waals surface area (Å²) < 4.78 is 0. The van der Waals surface area contributed by atoms with Crippen LogP contribution in [0.2, 0.25) is 0 Å². The molecule has 5 rings (SSSR count). The van der Waals surface area contributed by atoms with Crippen molar-refractivity contribution >= 4 is 17.5 Å². The summed E-state index contributed by atoms with van der Waals surface area (Å²) >= 11 is 2.01. The van der Waals surface area contributed by atoms with Crippen LogP contribution < -0.4 is 0 Å². The molecule has 2 unspecified atom stereocenters. The van der Waals surface area contributed by atoms with Crippen molar-refractivity contribution < 1.29 is 4.79 Å². The number of benzene rings is 2. The molecular weight excluding hydrogens is 336 g/mol. The number of rotatable bonds is 4. The number of carbonyl (C=O) groups is 1. The zero-order chi connectivity index (χ0) is 17.9. The molecule has 3 aliphatic rings. The number of fused-ring (bicyclic) bond motifs is 5. The molecular formula is C24H26OS. The van der Waals surface area contributed by atoms with Gasteiger partial charge in [0.15, 0.2) is 0 Å². The van der Waals surface area contributed by atoms with Crippen molar-refractivity contribution in [2.75, 3.05) is 11.5 Å². The van der Waals surface area contributed by atoms with Gasteiger partial charge in [-0.3, -0.25) is 4.79 Å². The highest BCUT2D eigenvalue weighted by molar-refractivity contribution is 7.99.